The molecule has 0 unspecified atom stereocenters. The van der Waals surface area contributed by atoms with Crippen LogP contribution in [0.4, 0.5) is 0 Å². The summed E-state index contributed by atoms with van der Waals surface area (Å²) in [5.74, 6) is 0.0764. The largest absolute Gasteiger partial charge is 0.355 e. The number of amides is 1. The van der Waals surface area contributed by atoms with Gasteiger partial charge in [0.2, 0.25) is 5.91 Å². The summed E-state index contributed by atoms with van der Waals surface area (Å²) in [6, 6.07) is 0. The van der Waals surface area contributed by atoms with E-state index in [9.17, 15) is 4.79 Å². The molecule has 0 aromatic heterocycles. The Hall–Kier alpha value is -0.610. The molecular formula is C11H25N3O. The molecule has 0 aliphatic rings. The van der Waals surface area contributed by atoms with Gasteiger partial charge in [-0.1, -0.05) is 6.92 Å². The van der Waals surface area contributed by atoms with Crippen molar-refractivity contribution >= 4 is 5.91 Å². The molecule has 0 aliphatic carbocycles. The number of rotatable bonds is 7. The van der Waals surface area contributed by atoms with Crippen LogP contribution in [0.15, 0.2) is 0 Å². The van der Waals surface area contributed by atoms with Crippen molar-refractivity contribution in [3.05, 3.63) is 0 Å². The molecule has 15 heavy (non-hydrogen) atoms. The van der Waals surface area contributed by atoms with Crippen molar-refractivity contribution in [2.24, 2.45) is 5.73 Å². The van der Waals surface area contributed by atoms with E-state index in [0.29, 0.717) is 19.6 Å². The molecule has 0 saturated heterocycles. The average Bonchev–Trinajstić information content (AvgIpc) is 2.17. The topological polar surface area (TPSA) is 58.4 Å². The molecule has 0 bridgehead atoms. The standard InChI is InChI=1S/C11H25N3O/c1-5-7-14(11(3,4)9-12)8-10(15)13-6-2/h5-9,12H2,1-4H3,(H,13,15). The molecule has 0 heterocycles. The second-order valence-electron chi connectivity index (χ2n) is 4.39. The maximum absolute atomic E-state index is 11.5. The van der Waals surface area contributed by atoms with E-state index in [-0.39, 0.29) is 11.4 Å². The van der Waals surface area contributed by atoms with E-state index in [4.69, 9.17) is 5.73 Å². The number of hydrogen-bond acceptors (Lipinski definition) is 3. The van der Waals surface area contributed by atoms with Crippen LogP contribution in [0, 0.1) is 0 Å². The maximum Gasteiger partial charge on any atom is 0.234 e. The van der Waals surface area contributed by atoms with E-state index in [0.717, 1.165) is 13.0 Å². The molecule has 3 N–H and O–H groups in total. The first kappa shape index (κ1) is 14.4. The highest BCUT2D eigenvalue weighted by Crippen LogP contribution is 2.12. The first-order chi connectivity index (χ1) is 6.97. The van der Waals surface area contributed by atoms with Gasteiger partial charge >= 0.3 is 0 Å². The van der Waals surface area contributed by atoms with Crippen LogP contribution in [-0.4, -0.2) is 42.5 Å². The Bertz CT molecular complexity index is 192. The lowest BCUT2D eigenvalue weighted by molar-refractivity contribution is -0.123. The van der Waals surface area contributed by atoms with Crippen LogP contribution in [0.2, 0.25) is 0 Å². The van der Waals surface area contributed by atoms with Gasteiger partial charge in [-0.15, -0.1) is 0 Å². The van der Waals surface area contributed by atoms with Crippen LogP contribution in [0.25, 0.3) is 0 Å². The van der Waals surface area contributed by atoms with E-state index in [1.54, 1.807) is 0 Å². The predicted molar refractivity (Wildman–Crippen MR) is 63.7 cm³/mol. The number of nitrogens with two attached hydrogens (primary N) is 1. The van der Waals surface area contributed by atoms with Gasteiger partial charge in [0.1, 0.15) is 0 Å². The third kappa shape index (κ3) is 5.14. The molecule has 1 amide bonds. The van der Waals surface area contributed by atoms with Crippen molar-refractivity contribution in [3.63, 3.8) is 0 Å². The monoisotopic (exact) mass is 215 g/mol. The van der Waals surface area contributed by atoms with Crippen molar-refractivity contribution in [3.8, 4) is 0 Å². The second kappa shape index (κ2) is 6.80. The minimum absolute atomic E-state index is 0.0764. The van der Waals surface area contributed by atoms with E-state index < -0.39 is 0 Å². The van der Waals surface area contributed by atoms with Gasteiger partial charge in [0.15, 0.2) is 0 Å². The van der Waals surface area contributed by atoms with Crippen molar-refractivity contribution in [1.29, 1.82) is 0 Å². The lowest BCUT2D eigenvalue weighted by Crippen LogP contribution is -2.53. The summed E-state index contributed by atoms with van der Waals surface area (Å²) in [6.07, 6.45) is 1.03. The fraction of sp³-hybridized carbons (Fsp3) is 0.909. The lowest BCUT2D eigenvalue weighted by Gasteiger charge is -2.37. The van der Waals surface area contributed by atoms with Crippen LogP contribution in [-0.2, 0) is 4.79 Å². The van der Waals surface area contributed by atoms with Gasteiger partial charge in [-0.25, -0.2) is 0 Å². The third-order valence-electron chi connectivity index (χ3n) is 2.56. The summed E-state index contributed by atoms with van der Waals surface area (Å²) >= 11 is 0. The van der Waals surface area contributed by atoms with Gasteiger partial charge < -0.3 is 11.1 Å². The Morgan fingerprint density at radius 1 is 1.40 bits per heavy atom. The fourth-order valence-corrected chi connectivity index (χ4v) is 1.42. The number of likely N-dealkylation sites (N-methyl/N-ethyl adjacent to an activating group) is 1. The van der Waals surface area contributed by atoms with Gasteiger partial charge in [0.25, 0.3) is 0 Å². The van der Waals surface area contributed by atoms with Gasteiger partial charge in [0, 0.05) is 18.6 Å². The zero-order valence-electron chi connectivity index (χ0n) is 10.5. The Balaban J connectivity index is 4.33. The zero-order valence-corrected chi connectivity index (χ0v) is 10.5. The van der Waals surface area contributed by atoms with E-state index in [1.807, 2.05) is 6.92 Å². The van der Waals surface area contributed by atoms with Crippen molar-refractivity contribution < 1.29 is 4.79 Å². The van der Waals surface area contributed by atoms with Crippen molar-refractivity contribution in [2.45, 2.75) is 39.7 Å². The second-order valence-corrected chi connectivity index (χ2v) is 4.39. The molecular weight excluding hydrogens is 190 g/mol. The Morgan fingerprint density at radius 3 is 2.40 bits per heavy atom. The predicted octanol–water partition coefficient (Wildman–Crippen LogP) is 0.572. The summed E-state index contributed by atoms with van der Waals surface area (Å²) in [6.45, 7) is 10.8. The van der Waals surface area contributed by atoms with Gasteiger partial charge in [0.05, 0.1) is 6.54 Å². The molecule has 0 rings (SSSR count). The summed E-state index contributed by atoms with van der Waals surface area (Å²) in [5.41, 5.74) is 5.60. The fourth-order valence-electron chi connectivity index (χ4n) is 1.42. The maximum atomic E-state index is 11.5. The first-order valence-electron chi connectivity index (χ1n) is 5.69. The summed E-state index contributed by atoms with van der Waals surface area (Å²) in [4.78, 5) is 13.6. The Labute approximate surface area is 93.2 Å². The van der Waals surface area contributed by atoms with Crippen LogP contribution in [0.3, 0.4) is 0 Å². The molecule has 0 aliphatic heterocycles. The molecule has 0 aromatic rings. The highest BCUT2D eigenvalue weighted by Gasteiger charge is 2.25. The van der Waals surface area contributed by atoms with E-state index in [2.05, 4.69) is 31.0 Å². The smallest absolute Gasteiger partial charge is 0.234 e. The SMILES string of the molecule is CCCN(CC(=O)NCC)C(C)(C)CN. The summed E-state index contributed by atoms with van der Waals surface area (Å²) in [7, 11) is 0. The van der Waals surface area contributed by atoms with Gasteiger partial charge in [-0.05, 0) is 33.7 Å². The van der Waals surface area contributed by atoms with Crippen LogP contribution in [0.1, 0.15) is 34.1 Å². The van der Waals surface area contributed by atoms with Crippen LogP contribution < -0.4 is 11.1 Å². The van der Waals surface area contributed by atoms with E-state index >= 15 is 0 Å². The number of nitrogens with zero attached hydrogens (tertiary/aromatic N) is 1. The molecule has 0 aromatic carbocycles. The molecule has 0 radical (unpaired) electrons. The summed E-state index contributed by atoms with van der Waals surface area (Å²) < 4.78 is 0. The first-order valence-corrected chi connectivity index (χ1v) is 5.69. The van der Waals surface area contributed by atoms with Gasteiger partial charge in [-0.2, -0.15) is 0 Å². The molecule has 0 atom stereocenters. The molecule has 0 spiro atoms. The minimum atomic E-state index is -0.110. The van der Waals surface area contributed by atoms with Crippen LogP contribution in [0.5, 0.6) is 0 Å². The highest BCUT2D eigenvalue weighted by molar-refractivity contribution is 5.78. The number of nitrogens with one attached hydrogen (secondary N) is 1. The average molecular weight is 215 g/mol. The summed E-state index contributed by atoms with van der Waals surface area (Å²) in [5, 5.41) is 2.81. The molecule has 4 nitrogen and oxygen atoms in total. The number of hydrogen-bond donors (Lipinski definition) is 2. The lowest BCUT2D eigenvalue weighted by atomic mass is 10.0. The third-order valence-corrected chi connectivity index (χ3v) is 2.56. The number of carbonyl (C=O) groups is 1. The molecule has 4 heteroatoms. The highest BCUT2D eigenvalue weighted by atomic mass is 16.2. The normalized spacial score (nSPS) is 11.9. The van der Waals surface area contributed by atoms with Gasteiger partial charge in [-0.3, -0.25) is 9.69 Å². The molecule has 0 saturated carbocycles. The minimum Gasteiger partial charge on any atom is -0.355 e. The van der Waals surface area contributed by atoms with Crippen molar-refractivity contribution in [2.75, 3.05) is 26.2 Å². The van der Waals surface area contributed by atoms with Crippen molar-refractivity contribution in [1.82, 2.24) is 10.2 Å². The Kier molecular flexibility index (Phi) is 6.52. The van der Waals surface area contributed by atoms with E-state index in [1.165, 1.54) is 0 Å². The molecule has 0 fully saturated rings. The van der Waals surface area contributed by atoms with Crippen LogP contribution >= 0.6 is 0 Å². The number of carbonyl (C=O) groups excluding carboxylic acids is 1. The Morgan fingerprint density at radius 2 is 2.00 bits per heavy atom. The zero-order chi connectivity index (χ0) is 11.9. The quantitative estimate of drug-likeness (QED) is 0.653. The molecule has 90 valence electrons.